The van der Waals surface area contributed by atoms with Gasteiger partial charge in [-0.2, -0.15) is 0 Å². The maximum Gasteiger partial charge on any atom is 0.137 e. The summed E-state index contributed by atoms with van der Waals surface area (Å²) in [6, 6.07) is 7.83. The Kier molecular flexibility index (Phi) is 2.72. The molecular formula is C10H8BrClN2. The fourth-order valence-electron chi connectivity index (χ4n) is 1.34. The van der Waals surface area contributed by atoms with Gasteiger partial charge in [-0.15, -0.1) is 0 Å². The molecule has 0 bridgehead atoms. The number of halogens is 2. The van der Waals surface area contributed by atoms with E-state index < -0.39 is 0 Å². The Morgan fingerprint density at radius 3 is 2.86 bits per heavy atom. The van der Waals surface area contributed by atoms with Crippen molar-refractivity contribution >= 4 is 38.3 Å². The monoisotopic (exact) mass is 270 g/mol. The zero-order chi connectivity index (χ0) is 10.1. The Morgan fingerprint density at radius 2 is 2.14 bits per heavy atom. The Labute approximate surface area is 95.2 Å². The van der Waals surface area contributed by atoms with Gasteiger partial charge in [-0.25, -0.2) is 4.98 Å². The maximum atomic E-state index is 6.01. The number of nitrogens with two attached hydrogens (primary N) is 1. The second-order valence-electron chi connectivity index (χ2n) is 2.97. The highest BCUT2D eigenvalue weighted by atomic mass is 79.9. The Hall–Kier alpha value is -0.640. The average Bonchev–Trinajstić information content (AvgIpc) is 2.16. The molecule has 72 valence electrons. The van der Waals surface area contributed by atoms with Crippen LogP contribution >= 0.6 is 27.5 Å². The first-order valence-electron chi connectivity index (χ1n) is 4.15. The molecule has 0 radical (unpaired) electrons. The van der Waals surface area contributed by atoms with E-state index in [9.17, 15) is 0 Å². The molecule has 0 saturated heterocycles. The first-order chi connectivity index (χ1) is 6.70. The summed E-state index contributed by atoms with van der Waals surface area (Å²) in [6.45, 7) is 0.405. The lowest BCUT2D eigenvalue weighted by atomic mass is 10.1. The van der Waals surface area contributed by atoms with Crippen molar-refractivity contribution in [1.29, 1.82) is 0 Å². The average molecular weight is 272 g/mol. The first kappa shape index (κ1) is 9.90. The smallest absolute Gasteiger partial charge is 0.137 e. The van der Waals surface area contributed by atoms with E-state index in [2.05, 4.69) is 20.9 Å². The van der Waals surface area contributed by atoms with Crippen molar-refractivity contribution < 1.29 is 0 Å². The van der Waals surface area contributed by atoms with Gasteiger partial charge in [0.15, 0.2) is 0 Å². The second kappa shape index (κ2) is 3.85. The lowest BCUT2D eigenvalue weighted by Gasteiger charge is -2.03. The number of hydrogen-bond acceptors (Lipinski definition) is 2. The number of rotatable bonds is 1. The molecule has 0 atom stereocenters. The molecule has 0 fully saturated rings. The van der Waals surface area contributed by atoms with Gasteiger partial charge >= 0.3 is 0 Å². The number of pyridine rings is 1. The third-order valence-corrected chi connectivity index (χ3v) is 2.79. The van der Waals surface area contributed by atoms with Crippen LogP contribution in [0.2, 0.25) is 5.15 Å². The van der Waals surface area contributed by atoms with Crippen LogP contribution < -0.4 is 5.73 Å². The van der Waals surface area contributed by atoms with E-state index in [-0.39, 0.29) is 0 Å². The largest absolute Gasteiger partial charge is 0.325 e. The molecule has 2 nitrogen and oxygen atoms in total. The van der Waals surface area contributed by atoms with E-state index in [0.717, 1.165) is 20.9 Å². The van der Waals surface area contributed by atoms with Gasteiger partial charge in [0.25, 0.3) is 0 Å². The van der Waals surface area contributed by atoms with Crippen LogP contribution in [0.1, 0.15) is 5.69 Å². The maximum absolute atomic E-state index is 6.01. The van der Waals surface area contributed by atoms with E-state index in [0.29, 0.717) is 11.7 Å². The Morgan fingerprint density at radius 1 is 1.36 bits per heavy atom. The molecular weight excluding hydrogens is 263 g/mol. The van der Waals surface area contributed by atoms with Crippen molar-refractivity contribution in [2.75, 3.05) is 0 Å². The third-order valence-electron chi connectivity index (χ3n) is 2.01. The molecule has 2 N–H and O–H groups in total. The lowest BCUT2D eigenvalue weighted by Crippen LogP contribution is -1.99. The summed E-state index contributed by atoms with van der Waals surface area (Å²) in [5.41, 5.74) is 6.32. The molecule has 4 heteroatoms. The molecule has 0 aliphatic heterocycles. The van der Waals surface area contributed by atoms with Crippen molar-refractivity contribution in [3.05, 3.63) is 39.6 Å². The molecule has 1 aromatic carbocycles. The number of benzene rings is 1. The quantitative estimate of drug-likeness (QED) is 0.810. The minimum Gasteiger partial charge on any atom is -0.325 e. The fraction of sp³-hybridized carbons (Fsp3) is 0.100. The molecule has 0 spiro atoms. The summed E-state index contributed by atoms with van der Waals surface area (Å²) in [5.74, 6) is 0. The normalized spacial score (nSPS) is 10.8. The molecule has 0 aliphatic rings. The van der Waals surface area contributed by atoms with Crippen molar-refractivity contribution in [1.82, 2.24) is 4.98 Å². The van der Waals surface area contributed by atoms with E-state index in [1.54, 1.807) is 0 Å². The Bertz CT molecular complexity index is 485. The molecule has 0 saturated carbocycles. The van der Waals surface area contributed by atoms with Crippen LogP contribution in [-0.2, 0) is 6.54 Å². The van der Waals surface area contributed by atoms with E-state index in [4.69, 9.17) is 17.3 Å². The van der Waals surface area contributed by atoms with Crippen LogP contribution in [-0.4, -0.2) is 4.98 Å². The van der Waals surface area contributed by atoms with Gasteiger partial charge in [-0.1, -0.05) is 33.6 Å². The van der Waals surface area contributed by atoms with Crippen LogP contribution in [0, 0.1) is 0 Å². The minimum atomic E-state index is 0.405. The summed E-state index contributed by atoms with van der Waals surface area (Å²) < 4.78 is 1.02. The molecule has 1 heterocycles. The SMILES string of the molecule is NCc1cc2cc(Br)ccc2c(Cl)n1. The highest BCUT2D eigenvalue weighted by Crippen LogP contribution is 2.25. The fourth-order valence-corrected chi connectivity index (χ4v) is 2.00. The molecule has 0 amide bonds. The van der Waals surface area contributed by atoms with Crippen LogP contribution in [0.15, 0.2) is 28.7 Å². The van der Waals surface area contributed by atoms with Gasteiger partial charge in [0.1, 0.15) is 5.15 Å². The molecule has 14 heavy (non-hydrogen) atoms. The van der Waals surface area contributed by atoms with Crippen LogP contribution in [0.5, 0.6) is 0 Å². The van der Waals surface area contributed by atoms with Crippen molar-refractivity contribution in [2.45, 2.75) is 6.54 Å². The predicted molar refractivity (Wildman–Crippen MR) is 62.3 cm³/mol. The summed E-state index contributed by atoms with van der Waals surface area (Å²) in [4.78, 5) is 4.17. The van der Waals surface area contributed by atoms with Gasteiger partial charge in [0.2, 0.25) is 0 Å². The van der Waals surface area contributed by atoms with Crippen molar-refractivity contribution in [3.8, 4) is 0 Å². The van der Waals surface area contributed by atoms with Gasteiger partial charge in [0, 0.05) is 16.4 Å². The van der Waals surface area contributed by atoms with Gasteiger partial charge in [-0.3, -0.25) is 0 Å². The summed E-state index contributed by atoms with van der Waals surface area (Å²) >= 11 is 9.42. The standard InChI is InChI=1S/C10H8BrClN2/c11-7-1-2-9-6(3-7)4-8(5-13)14-10(9)12/h1-4H,5,13H2. The van der Waals surface area contributed by atoms with Gasteiger partial charge in [0.05, 0.1) is 5.69 Å². The van der Waals surface area contributed by atoms with Crippen LogP contribution in [0.3, 0.4) is 0 Å². The van der Waals surface area contributed by atoms with Gasteiger partial charge < -0.3 is 5.73 Å². The van der Waals surface area contributed by atoms with Crippen molar-refractivity contribution in [2.24, 2.45) is 5.73 Å². The lowest BCUT2D eigenvalue weighted by molar-refractivity contribution is 0.998. The van der Waals surface area contributed by atoms with Crippen LogP contribution in [0.25, 0.3) is 10.8 Å². The highest BCUT2D eigenvalue weighted by molar-refractivity contribution is 9.10. The predicted octanol–water partition coefficient (Wildman–Crippen LogP) is 3.11. The van der Waals surface area contributed by atoms with Crippen LogP contribution in [0.4, 0.5) is 0 Å². The topological polar surface area (TPSA) is 38.9 Å². The minimum absolute atomic E-state index is 0.405. The molecule has 0 unspecified atom stereocenters. The molecule has 2 rings (SSSR count). The van der Waals surface area contributed by atoms with E-state index in [1.165, 1.54) is 0 Å². The zero-order valence-corrected chi connectivity index (χ0v) is 9.64. The molecule has 2 aromatic rings. The van der Waals surface area contributed by atoms with E-state index in [1.807, 2.05) is 24.3 Å². The van der Waals surface area contributed by atoms with E-state index >= 15 is 0 Å². The second-order valence-corrected chi connectivity index (χ2v) is 4.25. The van der Waals surface area contributed by atoms with Crippen molar-refractivity contribution in [3.63, 3.8) is 0 Å². The summed E-state index contributed by atoms with van der Waals surface area (Å²) in [5, 5.41) is 2.52. The molecule has 1 aromatic heterocycles. The Balaban J connectivity index is 2.77. The number of nitrogens with zero attached hydrogens (tertiary/aromatic N) is 1. The third kappa shape index (κ3) is 1.75. The first-order valence-corrected chi connectivity index (χ1v) is 5.32. The summed E-state index contributed by atoms with van der Waals surface area (Å²) in [6.07, 6.45) is 0. The number of hydrogen-bond donors (Lipinski definition) is 1. The number of aromatic nitrogens is 1. The zero-order valence-electron chi connectivity index (χ0n) is 7.30. The molecule has 0 aliphatic carbocycles. The number of fused-ring (bicyclic) bond motifs is 1. The van der Waals surface area contributed by atoms with Gasteiger partial charge in [-0.05, 0) is 23.6 Å². The summed E-state index contributed by atoms with van der Waals surface area (Å²) in [7, 11) is 0. The highest BCUT2D eigenvalue weighted by Gasteiger charge is 2.03.